The second-order valence-electron chi connectivity index (χ2n) is 3.90. The molecule has 0 saturated carbocycles. The van der Waals surface area contributed by atoms with Crippen LogP contribution in [-0.4, -0.2) is 18.0 Å². The molecule has 0 N–H and O–H groups in total. The third kappa shape index (κ3) is 2.93. The van der Waals surface area contributed by atoms with Crippen LogP contribution in [-0.2, 0) is 6.54 Å². The third-order valence-electron chi connectivity index (χ3n) is 2.67. The summed E-state index contributed by atoms with van der Waals surface area (Å²) in [6.07, 6.45) is 4.59. The molecule has 1 radical (unpaired) electrons. The Morgan fingerprint density at radius 3 is 3.00 bits per heavy atom. The number of nitrogens with zero attached hydrogens (tertiary/aromatic N) is 1. The molecule has 0 unspecified atom stereocenters. The van der Waals surface area contributed by atoms with Gasteiger partial charge in [0.1, 0.15) is 5.82 Å². The first-order valence-electron chi connectivity index (χ1n) is 5.23. The van der Waals surface area contributed by atoms with Gasteiger partial charge in [0.15, 0.2) is 0 Å². The van der Waals surface area contributed by atoms with Gasteiger partial charge >= 0.3 is 0 Å². The van der Waals surface area contributed by atoms with Gasteiger partial charge in [-0.3, -0.25) is 4.90 Å². The average Bonchev–Trinajstić information content (AvgIpc) is 2.25. The van der Waals surface area contributed by atoms with E-state index < -0.39 is 0 Å². The molecule has 0 aromatic heterocycles. The van der Waals surface area contributed by atoms with Crippen LogP contribution < -0.4 is 0 Å². The predicted molar refractivity (Wildman–Crippen MR) is 60.2 cm³/mol. The number of piperidine rings is 1. The van der Waals surface area contributed by atoms with E-state index in [1.54, 1.807) is 12.1 Å². The van der Waals surface area contributed by atoms with Gasteiger partial charge in [0.25, 0.3) is 0 Å². The summed E-state index contributed by atoms with van der Waals surface area (Å²) >= 11 is 5.84. The predicted octanol–water partition coefficient (Wildman–Crippen LogP) is 3.28. The van der Waals surface area contributed by atoms with Crippen molar-refractivity contribution >= 4 is 11.6 Å². The first kappa shape index (κ1) is 10.9. The van der Waals surface area contributed by atoms with Crippen molar-refractivity contribution in [1.29, 1.82) is 0 Å². The molecule has 2 rings (SSSR count). The van der Waals surface area contributed by atoms with Crippen LogP contribution in [0.5, 0.6) is 0 Å². The Hall–Kier alpha value is -0.600. The fraction of sp³-hybridized carbons (Fsp3) is 0.417. The van der Waals surface area contributed by atoms with Crippen molar-refractivity contribution in [2.75, 3.05) is 13.1 Å². The summed E-state index contributed by atoms with van der Waals surface area (Å²) in [5.74, 6) is -0.162. The molecule has 1 heterocycles. The quantitative estimate of drug-likeness (QED) is 0.748. The van der Waals surface area contributed by atoms with Gasteiger partial charge in [-0.25, -0.2) is 4.39 Å². The van der Waals surface area contributed by atoms with Gasteiger partial charge in [-0.15, -0.1) is 0 Å². The zero-order valence-electron chi connectivity index (χ0n) is 8.55. The molecule has 1 aromatic carbocycles. The zero-order valence-corrected chi connectivity index (χ0v) is 9.30. The normalized spacial score (nSPS) is 18.0. The van der Waals surface area contributed by atoms with E-state index >= 15 is 0 Å². The van der Waals surface area contributed by atoms with Gasteiger partial charge in [-0.2, -0.15) is 0 Å². The zero-order chi connectivity index (χ0) is 10.7. The summed E-state index contributed by atoms with van der Waals surface area (Å²) in [6, 6.07) is 4.74. The molecule has 1 nitrogen and oxygen atoms in total. The Kier molecular flexibility index (Phi) is 3.60. The van der Waals surface area contributed by atoms with E-state index in [0.29, 0.717) is 17.1 Å². The van der Waals surface area contributed by atoms with Gasteiger partial charge in [0, 0.05) is 23.7 Å². The van der Waals surface area contributed by atoms with Crippen molar-refractivity contribution in [1.82, 2.24) is 4.90 Å². The molecule has 3 heteroatoms. The second-order valence-corrected chi connectivity index (χ2v) is 4.34. The third-order valence-corrected chi connectivity index (χ3v) is 2.91. The van der Waals surface area contributed by atoms with Crippen molar-refractivity contribution in [3.63, 3.8) is 0 Å². The van der Waals surface area contributed by atoms with Gasteiger partial charge < -0.3 is 0 Å². The SMILES string of the molecule is Fc1ccc(Cl)cc1CN1C[CH]CCC1. The molecule has 1 aliphatic heterocycles. The van der Waals surface area contributed by atoms with E-state index in [1.165, 1.54) is 18.9 Å². The summed E-state index contributed by atoms with van der Waals surface area (Å²) in [5.41, 5.74) is 0.692. The molecule has 1 aliphatic rings. The maximum atomic E-state index is 13.4. The molecule has 0 bridgehead atoms. The lowest BCUT2D eigenvalue weighted by molar-refractivity contribution is 0.251. The fourth-order valence-corrected chi connectivity index (χ4v) is 2.07. The molecule has 1 saturated heterocycles. The van der Waals surface area contributed by atoms with Crippen molar-refractivity contribution in [2.45, 2.75) is 19.4 Å². The van der Waals surface area contributed by atoms with Crippen LogP contribution in [0.25, 0.3) is 0 Å². The Morgan fingerprint density at radius 1 is 1.40 bits per heavy atom. The van der Waals surface area contributed by atoms with E-state index in [0.717, 1.165) is 13.1 Å². The van der Waals surface area contributed by atoms with Crippen LogP contribution in [0.4, 0.5) is 4.39 Å². The topological polar surface area (TPSA) is 3.24 Å². The highest BCUT2D eigenvalue weighted by Crippen LogP contribution is 2.18. The molecule has 1 aromatic rings. The van der Waals surface area contributed by atoms with Crippen LogP contribution in [0.1, 0.15) is 18.4 Å². The second kappa shape index (κ2) is 4.95. The van der Waals surface area contributed by atoms with Gasteiger partial charge in [-0.1, -0.05) is 11.6 Å². The Bertz CT molecular complexity index is 334. The van der Waals surface area contributed by atoms with Crippen molar-refractivity contribution < 1.29 is 4.39 Å². The maximum Gasteiger partial charge on any atom is 0.127 e. The highest BCUT2D eigenvalue weighted by molar-refractivity contribution is 6.30. The van der Waals surface area contributed by atoms with Crippen LogP contribution in [0, 0.1) is 12.2 Å². The molecule has 0 spiro atoms. The van der Waals surface area contributed by atoms with Crippen LogP contribution >= 0.6 is 11.6 Å². The van der Waals surface area contributed by atoms with Crippen molar-refractivity contribution in [3.8, 4) is 0 Å². The standard InChI is InChI=1S/C12H14ClFN/c13-11-4-5-12(14)10(8-11)9-15-6-2-1-3-7-15/h2,4-5,8H,1,3,6-7,9H2. The lowest BCUT2D eigenvalue weighted by Crippen LogP contribution is -2.29. The lowest BCUT2D eigenvalue weighted by Gasteiger charge is -2.26. The van der Waals surface area contributed by atoms with E-state index in [1.807, 2.05) is 0 Å². The monoisotopic (exact) mass is 226 g/mol. The van der Waals surface area contributed by atoms with Crippen molar-refractivity contribution in [2.24, 2.45) is 0 Å². The average molecular weight is 227 g/mol. The number of likely N-dealkylation sites (tertiary alicyclic amines) is 1. The molecule has 0 aliphatic carbocycles. The number of halogens is 2. The van der Waals surface area contributed by atoms with E-state index in [4.69, 9.17) is 11.6 Å². The van der Waals surface area contributed by atoms with Crippen LogP contribution in [0.15, 0.2) is 18.2 Å². The van der Waals surface area contributed by atoms with Crippen molar-refractivity contribution in [3.05, 3.63) is 41.0 Å². The van der Waals surface area contributed by atoms with Crippen LogP contribution in [0.3, 0.4) is 0 Å². The Morgan fingerprint density at radius 2 is 2.27 bits per heavy atom. The highest BCUT2D eigenvalue weighted by Gasteiger charge is 2.12. The minimum absolute atomic E-state index is 0.162. The molecule has 81 valence electrons. The fourth-order valence-electron chi connectivity index (χ4n) is 1.87. The summed E-state index contributed by atoms with van der Waals surface area (Å²) in [7, 11) is 0. The van der Waals surface area contributed by atoms with E-state index in [9.17, 15) is 4.39 Å². The summed E-state index contributed by atoms with van der Waals surface area (Å²) in [5, 5.41) is 0.604. The maximum absolute atomic E-state index is 13.4. The lowest BCUT2D eigenvalue weighted by atomic mass is 10.1. The largest absolute Gasteiger partial charge is 0.299 e. The first-order chi connectivity index (χ1) is 7.25. The summed E-state index contributed by atoms with van der Waals surface area (Å²) in [4.78, 5) is 2.23. The minimum Gasteiger partial charge on any atom is -0.299 e. The summed E-state index contributed by atoms with van der Waals surface area (Å²) < 4.78 is 13.4. The molecular formula is C12H14ClFN. The number of rotatable bonds is 2. The van der Waals surface area contributed by atoms with Gasteiger partial charge in [-0.05, 0) is 44.0 Å². The Labute approximate surface area is 94.8 Å². The van der Waals surface area contributed by atoms with Crippen LogP contribution in [0.2, 0.25) is 5.02 Å². The molecular weight excluding hydrogens is 213 g/mol. The number of benzene rings is 1. The first-order valence-corrected chi connectivity index (χ1v) is 5.61. The number of hydrogen-bond donors (Lipinski definition) is 0. The summed E-state index contributed by atoms with van der Waals surface area (Å²) in [6.45, 7) is 2.65. The van der Waals surface area contributed by atoms with E-state index in [2.05, 4.69) is 11.3 Å². The Balaban J connectivity index is 2.05. The van der Waals surface area contributed by atoms with E-state index in [-0.39, 0.29) is 5.82 Å². The van der Waals surface area contributed by atoms with Gasteiger partial charge in [0.2, 0.25) is 0 Å². The van der Waals surface area contributed by atoms with Gasteiger partial charge in [0.05, 0.1) is 0 Å². The smallest absolute Gasteiger partial charge is 0.127 e. The molecule has 15 heavy (non-hydrogen) atoms. The molecule has 1 fully saturated rings. The molecule has 0 amide bonds. The highest BCUT2D eigenvalue weighted by atomic mass is 35.5. The number of hydrogen-bond acceptors (Lipinski definition) is 1. The molecule has 0 atom stereocenters. The minimum atomic E-state index is -0.162.